The molecule has 0 N–H and O–H groups in total. The van der Waals surface area contributed by atoms with Gasteiger partial charge in [-0.2, -0.15) is 0 Å². The number of imide groups is 1. The van der Waals surface area contributed by atoms with Gasteiger partial charge in [-0.15, -0.1) is 0 Å². The smallest absolute Gasteiger partial charge is 0.269 e. The van der Waals surface area contributed by atoms with E-state index < -0.39 is 34.8 Å². The van der Waals surface area contributed by atoms with Crippen LogP contribution in [0.4, 0.5) is 17.1 Å². The minimum atomic E-state index is -1.05. The third-order valence-corrected chi connectivity index (χ3v) is 6.33. The van der Waals surface area contributed by atoms with Crippen molar-refractivity contribution in [2.75, 3.05) is 9.96 Å². The van der Waals surface area contributed by atoms with Gasteiger partial charge in [0.15, 0.2) is 6.10 Å². The molecule has 0 saturated carbocycles. The highest BCUT2D eigenvalue weighted by atomic mass is 35.5. The number of para-hydroxylation sites is 2. The number of anilines is 2. The molecule has 0 radical (unpaired) electrons. The van der Waals surface area contributed by atoms with Crippen LogP contribution in [0.25, 0.3) is 0 Å². The normalized spacial score (nSPS) is 22.1. The highest BCUT2D eigenvalue weighted by molar-refractivity contribution is 6.36. The average Bonchev–Trinajstić information content (AvgIpc) is 3.31. The van der Waals surface area contributed by atoms with E-state index in [0.717, 1.165) is 10.5 Å². The fraction of sp³-hybridized carbons (Fsp3) is 0.167. The fourth-order valence-corrected chi connectivity index (χ4v) is 4.66. The van der Waals surface area contributed by atoms with Crippen molar-refractivity contribution in [3.63, 3.8) is 0 Å². The minimum absolute atomic E-state index is 0.0665. The number of nitrogens with zero attached hydrogens (tertiary/aromatic N) is 3. The van der Waals surface area contributed by atoms with E-state index in [9.17, 15) is 19.7 Å². The first-order valence-electron chi connectivity index (χ1n) is 10.3. The molecule has 2 aliphatic rings. The Balaban J connectivity index is 1.61. The van der Waals surface area contributed by atoms with E-state index in [1.165, 1.54) is 12.1 Å². The molecule has 3 aromatic carbocycles. The number of hydrogen-bond acceptors (Lipinski definition) is 6. The summed E-state index contributed by atoms with van der Waals surface area (Å²) < 4.78 is 0. The van der Waals surface area contributed by atoms with Gasteiger partial charge in [-0.3, -0.25) is 24.5 Å². The first-order chi connectivity index (χ1) is 15.9. The summed E-state index contributed by atoms with van der Waals surface area (Å²) in [7, 11) is 0. The molecule has 2 aliphatic heterocycles. The summed E-state index contributed by atoms with van der Waals surface area (Å²) in [6.07, 6.45) is -1.05. The molecule has 3 atom stereocenters. The monoisotopic (exact) mass is 463 g/mol. The number of rotatable bonds is 4. The lowest BCUT2D eigenvalue weighted by molar-refractivity contribution is -0.384. The summed E-state index contributed by atoms with van der Waals surface area (Å²) in [5.74, 6) is -1.78. The topological polar surface area (TPSA) is 93.0 Å². The molecule has 0 bridgehead atoms. The van der Waals surface area contributed by atoms with Gasteiger partial charge in [-0.05, 0) is 36.2 Å². The number of non-ortho nitro benzene ring substituents is 1. The Morgan fingerprint density at radius 1 is 0.909 bits per heavy atom. The SMILES string of the molecule is Cc1ccccc1N1OC2C(=O)N(c3ccccc3Cl)C(=O)C2C1c1ccc([N+](=O)[O-])cc1. The summed E-state index contributed by atoms with van der Waals surface area (Å²) in [5, 5.41) is 13.0. The number of nitro benzene ring substituents is 1. The van der Waals surface area contributed by atoms with Crippen LogP contribution in [0.1, 0.15) is 17.2 Å². The number of hydrogen-bond donors (Lipinski definition) is 0. The Morgan fingerprint density at radius 2 is 1.55 bits per heavy atom. The summed E-state index contributed by atoms with van der Waals surface area (Å²) in [6.45, 7) is 1.90. The van der Waals surface area contributed by atoms with Gasteiger partial charge in [0.05, 0.1) is 27.4 Å². The minimum Gasteiger partial charge on any atom is -0.273 e. The van der Waals surface area contributed by atoms with Crippen LogP contribution >= 0.6 is 11.6 Å². The number of carbonyl (C=O) groups is 2. The van der Waals surface area contributed by atoms with Crippen molar-refractivity contribution in [3.05, 3.63) is 99.1 Å². The third kappa shape index (κ3) is 3.35. The number of benzene rings is 3. The number of nitro groups is 1. The molecule has 2 heterocycles. The Kier molecular flexibility index (Phi) is 5.11. The van der Waals surface area contributed by atoms with Crippen molar-refractivity contribution in [1.29, 1.82) is 0 Å². The summed E-state index contributed by atoms with van der Waals surface area (Å²) in [6, 6.07) is 19.4. The van der Waals surface area contributed by atoms with Gasteiger partial charge in [0.2, 0.25) is 5.91 Å². The highest BCUT2D eigenvalue weighted by Crippen LogP contribution is 2.48. The predicted molar refractivity (Wildman–Crippen MR) is 122 cm³/mol. The maximum Gasteiger partial charge on any atom is 0.269 e. The Hall–Kier alpha value is -3.75. The lowest BCUT2D eigenvalue weighted by Crippen LogP contribution is -2.37. The molecule has 3 unspecified atom stereocenters. The Morgan fingerprint density at radius 3 is 2.18 bits per heavy atom. The first kappa shape index (κ1) is 21.1. The van der Waals surface area contributed by atoms with Gasteiger partial charge in [0.25, 0.3) is 11.6 Å². The lowest BCUT2D eigenvalue weighted by atomic mass is 9.90. The summed E-state index contributed by atoms with van der Waals surface area (Å²) >= 11 is 6.28. The van der Waals surface area contributed by atoms with Gasteiger partial charge in [-0.1, -0.05) is 54.1 Å². The largest absolute Gasteiger partial charge is 0.273 e. The van der Waals surface area contributed by atoms with E-state index in [-0.39, 0.29) is 10.7 Å². The second-order valence-corrected chi connectivity index (χ2v) is 8.33. The quantitative estimate of drug-likeness (QED) is 0.319. The molecule has 8 nitrogen and oxygen atoms in total. The number of aryl methyl sites for hydroxylation is 1. The Bertz CT molecular complexity index is 1280. The first-order valence-corrected chi connectivity index (χ1v) is 10.6. The maximum atomic E-state index is 13.6. The number of amides is 2. The van der Waals surface area contributed by atoms with E-state index in [0.29, 0.717) is 16.9 Å². The van der Waals surface area contributed by atoms with Gasteiger partial charge in [0.1, 0.15) is 5.92 Å². The molecule has 166 valence electrons. The number of fused-ring (bicyclic) bond motifs is 1. The number of halogens is 1. The molecule has 0 aromatic heterocycles. The second kappa shape index (κ2) is 7.99. The zero-order chi connectivity index (χ0) is 23.3. The second-order valence-electron chi connectivity index (χ2n) is 7.92. The van der Waals surface area contributed by atoms with Gasteiger partial charge >= 0.3 is 0 Å². The molecule has 2 fully saturated rings. The van der Waals surface area contributed by atoms with Gasteiger partial charge in [0, 0.05) is 12.1 Å². The Labute approximate surface area is 194 Å². The van der Waals surface area contributed by atoms with Gasteiger partial charge < -0.3 is 0 Å². The van der Waals surface area contributed by atoms with Crippen molar-refractivity contribution in [3.8, 4) is 0 Å². The van der Waals surface area contributed by atoms with E-state index in [1.807, 2.05) is 31.2 Å². The van der Waals surface area contributed by atoms with Crippen LogP contribution in [-0.2, 0) is 14.4 Å². The van der Waals surface area contributed by atoms with Crippen molar-refractivity contribution in [2.24, 2.45) is 5.92 Å². The third-order valence-electron chi connectivity index (χ3n) is 6.01. The number of carbonyl (C=O) groups excluding carboxylic acids is 2. The van der Waals surface area contributed by atoms with Crippen LogP contribution in [-0.4, -0.2) is 22.8 Å². The molecular formula is C24H18ClN3O5. The molecule has 5 rings (SSSR count). The number of hydroxylamine groups is 1. The highest BCUT2D eigenvalue weighted by Gasteiger charge is 2.60. The molecule has 0 aliphatic carbocycles. The molecule has 3 aromatic rings. The standard InChI is InChI=1S/C24H18ClN3O5/c1-14-6-2-4-8-18(14)27-21(15-10-12-16(13-11-15)28(31)32)20-22(33-27)24(30)26(23(20)29)19-9-5-3-7-17(19)25/h2-13,20-22H,1H3. The molecule has 0 spiro atoms. The van der Waals surface area contributed by atoms with Crippen LogP contribution in [0.2, 0.25) is 5.02 Å². The lowest BCUT2D eigenvalue weighted by Gasteiger charge is -2.29. The molecule has 9 heteroatoms. The van der Waals surface area contributed by atoms with Crippen molar-refractivity contribution >= 4 is 40.5 Å². The van der Waals surface area contributed by atoms with Crippen molar-refractivity contribution in [1.82, 2.24) is 0 Å². The zero-order valence-corrected chi connectivity index (χ0v) is 18.2. The molecular weight excluding hydrogens is 446 g/mol. The van der Waals surface area contributed by atoms with Crippen molar-refractivity contribution < 1.29 is 19.3 Å². The van der Waals surface area contributed by atoms with E-state index in [4.69, 9.17) is 16.4 Å². The van der Waals surface area contributed by atoms with Gasteiger partial charge in [-0.25, -0.2) is 9.96 Å². The predicted octanol–water partition coefficient (Wildman–Crippen LogP) is 4.61. The fourth-order valence-electron chi connectivity index (χ4n) is 4.44. The van der Waals surface area contributed by atoms with E-state index >= 15 is 0 Å². The van der Waals surface area contributed by atoms with Crippen LogP contribution in [0, 0.1) is 23.0 Å². The summed E-state index contributed by atoms with van der Waals surface area (Å²) in [4.78, 5) is 44.8. The summed E-state index contributed by atoms with van der Waals surface area (Å²) in [5.41, 5.74) is 2.46. The maximum absolute atomic E-state index is 13.6. The van der Waals surface area contributed by atoms with Crippen LogP contribution in [0.5, 0.6) is 0 Å². The zero-order valence-electron chi connectivity index (χ0n) is 17.4. The van der Waals surface area contributed by atoms with E-state index in [1.54, 1.807) is 41.5 Å². The average molecular weight is 464 g/mol. The van der Waals surface area contributed by atoms with Crippen LogP contribution in [0.3, 0.4) is 0 Å². The van der Waals surface area contributed by atoms with Crippen LogP contribution in [0.15, 0.2) is 72.8 Å². The van der Waals surface area contributed by atoms with Crippen molar-refractivity contribution in [2.45, 2.75) is 19.1 Å². The van der Waals surface area contributed by atoms with E-state index in [2.05, 4.69) is 0 Å². The van der Waals surface area contributed by atoms with Crippen LogP contribution < -0.4 is 9.96 Å². The molecule has 33 heavy (non-hydrogen) atoms. The molecule has 2 saturated heterocycles. The molecule has 2 amide bonds.